The third-order valence-electron chi connectivity index (χ3n) is 5.07. The van der Waals surface area contributed by atoms with Crippen LogP contribution in [0.5, 0.6) is 0 Å². The molecular formula is C21H29N5O2. The Labute approximate surface area is 166 Å². The fourth-order valence-corrected chi connectivity index (χ4v) is 3.50. The molecule has 1 fully saturated rings. The molecule has 1 aromatic carbocycles. The number of carbonyl (C=O) groups is 2. The van der Waals surface area contributed by atoms with Crippen molar-refractivity contribution in [3.05, 3.63) is 53.9 Å². The Kier molecular flexibility index (Phi) is 7.19. The lowest BCUT2D eigenvalue weighted by Crippen LogP contribution is -2.56. The van der Waals surface area contributed by atoms with Gasteiger partial charge in [-0.25, -0.2) is 0 Å². The van der Waals surface area contributed by atoms with Crippen molar-refractivity contribution in [2.75, 3.05) is 19.6 Å². The molecule has 3 rings (SSSR count). The van der Waals surface area contributed by atoms with Crippen LogP contribution >= 0.6 is 0 Å². The van der Waals surface area contributed by atoms with Gasteiger partial charge in [0.1, 0.15) is 0 Å². The summed E-state index contributed by atoms with van der Waals surface area (Å²) >= 11 is 0. The van der Waals surface area contributed by atoms with Crippen LogP contribution in [-0.4, -0.2) is 52.2 Å². The van der Waals surface area contributed by atoms with Gasteiger partial charge in [-0.15, -0.1) is 0 Å². The summed E-state index contributed by atoms with van der Waals surface area (Å²) in [7, 11) is 0. The van der Waals surface area contributed by atoms with Crippen molar-refractivity contribution in [1.82, 2.24) is 25.3 Å². The highest BCUT2D eigenvalue weighted by molar-refractivity contribution is 5.88. The van der Waals surface area contributed by atoms with Crippen LogP contribution < -0.4 is 10.6 Å². The normalized spacial score (nSPS) is 17.3. The Morgan fingerprint density at radius 3 is 2.86 bits per heavy atom. The first-order valence-corrected chi connectivity index (χ1v) is 9.99. The second-order valence-corrected chi connectivity index (χ2v) is 7.12. The lowest BCUT2D eigenvalue weighted by Gasteiger charge is -2.34. The van der Waals surface area contributed by atoms with Crippen LogP contribution in [0, 0.1) is 0 Å². The summed E-state index contributed by atoms with van der Waals surface area (Å²) in [6, 6.07) is 9.94. The molecule has 0 unspecified atom stereocenters. The summed E-state index contributed by atoms with van der Waals surface area (Å²) in [5, 5.41) is 10.00. The van der Waals surface area contributed by atoms with E-state index in [9.17, 15) is 9.59 Å². The van der Waals surface area contributed by atoms with Crippen molar-refractivity contribution in [3.8, 4) is 0 Å². The van der Waals surface area contributed by atoms with Crippen molar-refractivity contribution < 1.29 is 9.59 Å². The maximum Gasteiger partial charge on any atom is 0.237 e. The summed E-state index contributed by atoms with van der Waals surface area (Å²) in [5.41, 5.74) is 2.26. The van der Waals surface area contributed by atoms with Gasteiger partial charge >= 0.3 is 0 Å². The number of aromatic nitrogens is 2. The molecule has 2 aromatic rings. The molecule has 2 heterocycles. The minimum absolute atomic E-state index is 0.0556. The van der Waals surface area contributed by atoms with E-state index in [1.165, 1.54) is 5.56 Å². The lowest BCUT2D eigenvalue weighted by molar-refractivity contribution is -0.134. The lowest BCUT2D eigenvalue weighted by atomic mass is 10.1. The molecular weight excluding hydrogens is 354 g/mol. The molecule has 1 aliphatic heterocycles. The zero-order valence-electron chi connectivity index (χ0n) is 16.4. The first-order valence-electron chi connectivity index (χ1n) is 9.99. The van der Waals surface area contributed by atoms with Gasteiger partial charge in [-0.3, -0.25) is 19.2 Å². The highest BCUT2D eigenvalue weighted by atomic mass is 16.2. The number of benzene rings is 1. The molecule has 7 nitrogen and oxygen atoms in total. The highest BCUT2D eigenvalue weighted by Crippen LogP contribution is 2.12. The van der Waals surface area contributed by atoms with E-state index in [1.54, 1.807) is 6.20 Å². The Bertz CT molecular complexity index is 774. The van der Waals surface area contributed by atoms with Gasteiger partial charge in [-0.1, -0.05) is 30.3 Å². The predicted molar refractivity (Wildman–Crippen MR) is 107 cm³/mol. The molecule has 7 heteroatoms. The van der Waals surface area contributed by atoms with Crippen LogP contribution in [0.25, 0.3) is 0 Å². The molecule has 0 aliphatic carbocycles. The van der Waals surface area contributed by atoms with E-state index >= 15 is 0 Å². The van der Waals surface area contributed by atoms with Crippen LogP contribution in [-0.2, 0) is 29.1 Å². The third-order valence-corrected chi connectivity index (χ3v) is 5.07. The van der Waals surface area contributed by atoms with Crippen molar-refractivity contribution in [1.29, 1.82) is 0 Å². The number of aryl methyl sites for hydroxylation is 2. The van der Waals surface area contributed by atoms with Gasteiger partial charge in [0.05, 0.1) is 18.7 Å². The molecule has 28 heavy (non-hydrogen) atoms. The molecule has 0 bridgehead atoms. The molecule has 2 N–H and O–H groups in total. The van der Waals surface area contributed by atoms with E-state index in [4.69, 9.17) is 0 Å². The fraction of sp³-hybridized carbons (Fsp3) is 0.476. The van der Waals surface area contributed by atoms with Gasteiger partial charge < -0.3 is 10.6 Å². The summed E-state index contributed by atoms with van der Waals surface area (Å²) in [4.78, 5) is 26.9. The Morgan fingerprint density at radius 2 is 2.11 bits per heavy atom. The molecule has 150 valence electrons. The van der Waals surface area contributed by atoms with Gasteiger partial charge in [-0.05, 0) is 31.9 Å². The topological polar surface area (TPSA) is 79.3 Å². The van der Waals surface area contributed by atoms with Gasteiger partial charge in [-0.2, -0.15) is 5.10 Å². The number of hydrogen-bond donors (Lipinski definition) is 2. The smallest absolute Gasteiger partial charge is 0.237 e. The molecule has 1 saturated heterocycles. The number of piperazine rings is 1. The van der Waals surface area contributed by atoms with Crippen molar-refractivity contribution in [2.24, 2.45) is 0 Å². The van der Waals surface area contributed by atoms with E-state index in [1.807, 2.05) is 36.0 Å². The maximum absolute atomic E-state index is 12.4. The zero-order chi connectivity index (χ0) is 19.8. The van der Waals surface area contributed by atoms with Crippen molar-refractivity contribution >= 4 is 11.8 Å². The number of hydrogen-bond acceptors (Lipinski definition) is 4. The number of carbonyl (C=O) groups excluding carboxylic acids is 2. The number of nitrogens with one attached hydrogen (secondary N) is 2. The van der Waals surface area contributed by atoms with Gasteiger partial charge in [0.2, 0.25) is 11.8 Å². The van der Waals surface area contributed by atoms with E-state index in [2.05, 4.69) is 32.8 Å². The first kappa shape index (κ1) is 20.1. The van der Waals surface area contributed by atoms with Crippen LogP contribution in [0.3, 0.4) is 0 Å². The Balaban J connectivity index is 1.48. The highest BCUT2D eigenvalue weighted by Gasteiger charge is 2.31. The number of rotatable bonds is 9. The SMILES string of the molecule is CCn1cc(CNC(=O)C[C@H]2C(=O)NCCN2CCCc2ccccc2)cn1. The van der Waals surface area contributed by atoms with E-state index in [0.29, 0.717) is 13.1 Å². The predicted octanol–water partition coefficient (Wildman–Crippen LogP) is 1.34. The Hall–Kier alpha value is -2.67. The summed E-state index contributed by atoms with van der Waals surface area (Å²) in [6.07, 6.45) is 5.79. The van der Waals surface area contributed by atoms with Gasteiger partial charge in [0.15, 0.2) is 0 Å². The van der Waals surface area contributed by atoms with E-state index in [0.717, 1.165) is 38.0 Å². The van der Waals surface area contributed by atoms with Gasteiger partial charge in [0.25, 0.3) is 0 Å². The largest absolute Gasteiger partial charge is 0.353 e. The monoisotopic (exact) mass is 383 g/mol. The van der Waals surface area contributed by atoms with E-state index in [-0.39, 0.29) is 18.2 Å². The molecule has 0 radical (unpaired) electrons. The molecule has 0 saturated carbocycles. The van der Waals surface area contributed by atoms with Crippen LogP contribution in [0.4, 0.5) is 0 Å². The molecule has 1 aliphatic rings. The third kappa shape index (κ3) is 5.66. The van der Waals surface area contributed by atoms with Crippen LogP contribution in [0.1, 0.15) is 30.9 Å². The average Bonchev–Trinajstić information content (AvgIpc) is 3.18. The van der Waals surface area contributed by atoms with Crippen LogP contribution in [0.2, 0.25) is 0 Å². The second kappa shape index (κ2) is 10.0. The van der Waals surface area contributed by atoms with E-state index < -0.39 is 6.04 Å². The minimum Gasteiger partial charge on any atom is -0.353 e. The molecule has 2 amide bonds. The average molecular weight is 383 g/mol. The Morgan fingerprint density at radius 1 is 1.29 bits per heavy atom. The standard InChI is InChI=1S/C21H29N5O2/c1-2-26-16-18(15-24-26)14-23-20(27)13-19-21(28)22-10-12-25(19)11-6-9-17-7-4-3-5-8-17/h3-5,7-8,15-16,19H,2,6,9-14H2,1H3,(H,22,28)(H,23,27)/t19-/m0/s1. The summed E-state index contributed by atoms with van der Waals surface area (Å²) < 4.78 is 1.82. The summed E-state index contributed by atoms with van der Waals surface area (Å²) in [5.74, 6) is -0.167. The number of amides is 2. The molecule has 1 aromatic heterocycles. The first-order chi connectivity index (χ1) is 13.7. The minimum atomic E-state index is -0.400. The van der Waals surface area contributed by atoms with Crippen molar-refractivity contribution in [3.63, 3.8) is 0 Å². The molecule has 0 spiro atoms. The number of nitrogens with zero attached hydrogens (tertiary/aromatic N) is 3. The zero-order valence-corrected chi connectivity index (χ0v) is 16.4. The second-order valence-electron chi connectivity index (χ2n) is 7.12. The van der Waals surface area contributed by atoms with Crippen LogP contribution in [0.15, 0.2) is 42.7 Å². The summed E-state index contributed by atoms with van der Waals surface area (Å²) in [6.45, 7) is 5.47. The van der Waals surface area contributed by atoms with Crippen molar-refractivity contribution in [2.45, 2.75) is 45.3 Å². The maximum atomic E-state index is 12.4. The molecule has 1 atom stereocenters. The fourth-order valence-electron chi connectivity index (χ4n) is 3.50. The van der Waals surface area contributed by atoms with Gasteiger partial charge in [0, 0.05) is 37.9 Å². The quantitative estimate of drug-likeness (QED) is 0.685.